The standard InChI is InChI=1S/C67H130O17P2/c1-9-58(6)44-36-28-20-14-12-13-15-22-31-39-47-64(69)77-53-62(84-67(72)50-42-34-24-18-19-27-35-43-57(4)5)55-81-85(73,74)79-51-61(68)52-80-86(75,76)82-56-63(54-78-65(70)48-40-32-26-25-30-38-46-60(8)11-3)83-66(71)49-41-33-23-17-16-21-29-37-45-59(7)10-2/h57-63,68H,9-56H2,1-8H3,(H,73,74)(H,75,76)/t58?,59?,60?,61-,62-,63-/m1/s1. The predicted molar refractivity (Wildman–Crippen MR) is 344 cm³/mol. The summed E-state index contributed by atoms with van der Waals surface area (Å²) < 4.78 is 68.1. The van der Waals surface area contributed by atoms with Gasteiger partial charge in [-0.3, -0.25) is 37.3 Å². The number of hydrogen-bond donors (Lipinski definition) is 3. The van der Waals surface area contributed by atoms with Gasteiger partial charge in [0.05, 0.1) is 26.4 Å². The first-order chi connectivity index (χ1) is 41.2. The lowest BCUT2D eigenvalue weighted by Gasteiger charge is -2.21. The number of phosphoric ester groups is 2. The van der Waals surface area contributed by atoms with Crippen LogP contribution in [0.25, 0.3) is 0 Å². The summed E-state index contributed by atoms with van der Waals surface area (Å²) in [4.78, 5) is 72.4. The van der Waals surface area contributed by atoms with Gasteiger partial charge in [0.2, 0.25) is 0 Å². The Morgan fingerprint density at radius 2 is 0.558 bits per heavy atom. The molecule has 0 radical (unpaired) electrons. The summed E-state index contributed by atoms with van der Waals surface area (Å²) in [6.07, 6.45) is 37.5. The molecule has 510 valence electrons. The van der Waals surface area contributed by atoms with E-state index in [-0.39, 0.29) is 25.7 Å². The number of hydrogen-bond acceptors (Lipinski definition) is 15. The van der Waals surface area contributed by atoms with Gasteiger partial charge < -0.3 is 33.8 Å². The molecule has 8 atom stereocenters. The third-order valence-corrected chi connectivity index (χ3v) is 18.3. The number of rotatable bonds is 64. The summed E-state index contributed by atoms with van der Waals surface area (Å²) in [6.45, 7) is 14.0. The van der Waals surface area contributed by atoms with Gasteiger partial charge in [0, 0.05) is 25.7 Å². The van der Waals surface area contributed by atoms with E-state index >= 15 is 0 Å². The molecule has 19 heteroatoms. The summed E-state index contributed by atoms with van der Waals surface area (Å²) in [6, 6.07) is 0. The zero-order valence-electron chi connectivity index (χ0n) is 55.9. The summed E-state index contributed by atoms with van der Waals surface area (Å²) in [5, 5.41) is 10.6. The largest absolute Gasteiger partial charge is 0.472 e. The number of aliphatic hydroxyl groups is 1. The molecule has 17 nitrogen and oxygen atoms in total. The van der Waals surface area contributed by atoms with Crippen molar-refractivity contribution in [1.82, 2.24) is 0 Å². The second kappa shape index (κ2) is 57.0. The fourth-order valence-electron chi connectivity index (χ4n) is 9.86. The fraction of sp³-hybridized carbons (Fsp3) is 0.940. The van der Waals surface area contributed by atoms with Crippen LogP contribution in [-0.2, 0) is 65.4 Å². The first kappa shape index (κ1) is 84.1. The van der Waals surface area contributed by atoms with Gasteiger partial charge >= 0.3 is 39.5 Å². The van der Waals surface area contributed by atoms with Gasteiger partial charge in [-0.05, 0) is 49.4 Å². The first-order valence-corrected chi connectivity index (χ1v) is 37.8. The van der Waals surface area contributed by atoms with Crippen molar-refractivity contribution in [3.63, 3.8) is 0 Å². The Balaban J connectivity index is 5.25. The quantitative estimate of drug-likeness (QED) is 0.0222. The number of carbonyl (C=O) groups is 4. The third kappa shape index (κ3) is 57.2. The summed E-state index contributed by atoms with van der Waals surface area (Å²) in [5.74, 6) is 0.868. The molecule has 0 amide bonds. The molecule has 0 aliphatic rings. The molecule has 0 aliphatic carbocycles. The highest BCUT2D eigenvalue weighted by atomic mass is 31.2. The van der Waals surface area contributed by atoms with Crippen molar-refractivity contribution in [2.75, 3.05) is 39.6 Å². The molecule has 0 fully saturated rings. The minimum Gasteiger partial charge on any atom is -0.462 e. The minimum atomic E-state index is -4.95. The van der Waals surface area contributed by atoms with Crippen LogP contribution in [0.1, 0.15) is 325 Å². The maximum Gasteiger partial charge on any atom is 0.472 e. The van der Waals surface area contributed by atoms with E-state index in [1.54, 1.807) is 0 Å². The van der Waals surface area contributed by atoms with Crippen molar-refractivity contribution in [1.29, 1.82) is 0 Å². The van der Waals surface area contributed by atoms with Crippen LogP contribution in [-0.4, -0.2) is 96.7 Å². The predicted octanol–water partition coefficient (Wildman–Crippen LogP) is 18.5. The Kier molecular flexibility index (Phi) is 55.7. The Morgan fingerprint density at radius 3 is 0.826 bits per heavy atom. The van der Waals surface area contributed by atoms with Crippen LogP contribution in [0.15, 0.2) is 0 Å². The van der Waals surface area contributed by atoms with E-state index in [0.29, 0.717) is 31.6 Å². The Labute approximate surface area is 524 Å². The third-order valence-electron chi connectivity index (χ3n) is 16.4. The molecule has 0 aromatic rings. The molecular weight excluding hydrogens is 1140 g/mol. The Bertz CT molecular complexity index is 1720. The highest BCUT2D eigenvalue weighted by Crippen LogP contribution is 2.45. The van der Waals surface area contributed by atoms with Crippen molar-refractivity contribution in [2.45, 2.75) is 343 Å². The van der Waals surface area contributed by atoms with Crippen LogP contribution in [0, 0.1) is 23.7 Å². The maximum atomic E-state index is 13.0. The van der Waals surface area contributed by atoms with E-state index in [4.69, 9.17) is 37.0 Å². The fourth-order valence-corrected chi connectivity index (χ4v) is 11.4. The van der Waals surface area contributed by atoms with Crippen molar-refractivity contribution in [3.8, 4) is 0 Å². The van der Waals surface area contributed by atoms with Crippen molar-refractivity contribution in [3.05, 3.63) is 0 Å². The summed E-state index contributed by atoms with van der Waals surface area (Å²) in [7, 11) is -9.90. The second-order valence-electron chi connectivity index (χ2n) is 25.4. The smallest absolute Gasteiger partial charge is 0.462 e. The molecule has 86 heavy (non-hydrogen) atoms. The van der Waals surface area contributed by atoms with E-state index in [0.717, 1.165) is 114 Å². The second-order valence-corrected chi connectivity index (χ2v) is 28.3. The van der Waals surface area contributed by atoms with Crippen molar-refractivity contribution in [2.24, 2.45) is 23.7 Å². The molecule has 0 bridgehead atoms. The number of carbonyl (C=O) groups excluding carboxylic acids is 4. The van der Waals surface area contributed by atoms with Crippen LogP contribution < -0.4 is 0 Å². The normalized spacial score (nSPS) is 15.3. The van der Waals surface area contributed by atoms with Gasteiger partial charge in [-0.1, -0.05) is 274 Å². The Morgan fingerprint density at radius 1 is 0.326 bits per heavy atom. The molecule has 0 aromatic carbocycles. The van der Waals surface area contributed by atoms with Crippen molar-refractivity contribution >= 4 is 39.5 Å². The van der Waals surface area contributed by atoms with Crippen molar-refractivity contribution < 1.29 is 80.2 Å². The van der Waals surface area contributed by atoms with Crippen LogP contribution in [0.4, 0.5) is 0 Å². The van der Waals surface area contributed by atoms with Crippen LogP contribution in [0.3, 0.4) is 0 Å². The lowest BCUT2D eigenvalue weighted by atomic mass is 9.99. The molecule has 3 N–H and O–H groups in total. The van der Waals surface area contributed by atoms with E-state index < -0.39 is 97.5 Å². The van der Waals surface area contributed by atoms with Gasteiger partial charge in [0.1, 0.15) is 19.3 Å². The van der Waals surface area contributed by atoms with Crippen LogP contribution in [0.5, 0.6) is 0 Å². The van der Waals surface area contributed by atoms with Gasteiger partial charge in [0.25, 0.3) is 0 Å². The van der Waals surface area contributed by atoms with Gasteiger partial charge in [-0.2, -0.15) is 0 Å². The SMILES string of the molecule is CCC(C)CCCCCCCCCCCCC(=O)OC[C@H](COP(=O)(O)OC[C@@H](O)COP(=O)(O)OC[C@@H](COC(=O)CCCCCCCCC(C)CC)OC(=O)CCCCCCCCCCC(C)CC)OC(=O)CCCCCCCCCC(C)C. The molecule has 5 unspecified atom stereocenters. The lowest BCUT2D eigenvalue weighted by Crippen LogP contribution is -2.30. The average molecular weight is 1270 g/mol. The highest BCUT2D eigenvalue weighted by Gasteiger charge is 2.30. The number of aliphatic hydroxyl groups excluding tert-OH is 1. The molecule has 0 spiro atoms. The number of ether oxygens (including phenoxy) is 4. The van der Waals surface area contributed by atoms with E-state index in [2.05, 4.69) is 55.4 Å². The average Bonchev–Trinajstić information content (AvgIpc) is 3.70. The molecule has 0 saturated heterocycles. The number of unbranched alkanes of at least 4 members (excludes halogenated alkanes) is 27. The number of phosphoric acid groups is 2. The lowest BCUT2D eigenvalue weighted by molar-refractivity contribution is -0.161. The topological polar surface area (TPSA) is 237 Å². The molecule has 0 rings (SSSR count). The molecule has 0 aliphatic heterocycles. The van der Waals surface area contributed by atoms with Gasteiger partial charge in [-0.15, -0.1) is 0 Å². The summed E-state index contributed by atoms with van der Waals surface area (Å²) in [5.41, 5.74) is 0. The zero-order chi connectivity index (χ0) is 63.9. The van der Waals surface area contributed by atoms with Gasteiger partial charge in [-0.25, -0.2) is 9.13 Å². The zero-order valence-corrected chi connectivity index (χ0v) is 57.7. The molecule has 0 saturated carbocycles. The van der Waals surface area contributed by atoms with E-state index in [1.165, 1.54) is 122 Å². The Hall–Kier alpha value is -1.94. The van der Waals surface area contributed by atoms with Crippen LogP contribution in [0.2, 0.25) is 0 Å². The molecular formula is C67H130O17P2. The molecule has 0 aromatic heterocycles. The maximum absolute atomic E-state index is 13.0. The van der Waals surface area contributed by atoms with Gasteiger partial charge in [0.15, 0.2) is 12.2 Å². The van der Waals surface area contributed by atoms with E-state index in [1.807, 2.05) is 0 Å². The van der Waals surface area contributed by atoms with E-state index in [9.17, 15) is 43.2 Å². The molecule has 0 heterocycles. The minimum absolute atomic E-state index is 0.103. The summed E-state index contributed by atoms with van der Waals surface area (Å²) >= 11 is 0. The monoisotopic (exact) mass is 1270 g/mol. The number of esters is 4. The first-order valence-electron chi connectivity index (χ1n) is 34.8. The van der Waals surface area contributed by atoms with Crippen LogP contribution >= 0.6 is 15.6 Å². The highest BCUT2D eigenvalue weighted by molar-refractivity contribution is 7.47.